The zero-order valence-corrected chi connectivity index (χ0v) is 8.84. The monoisotopic (exact) mass is 234 g/mol. The molecule has 1 rings (SSSR count). The first kappa shape index (κ1) is 12.7. The Morgan fingerprint density at radius 1 is 1.53 bits per heavy atom. The molecule has 0 saturated heterocycles. The van der Waals surface area contributed by atoms with Gasteiger partial charge in [0, 0.05) is 30.7 Å². The van der Waals surface area contributed by atoms with Gasteiger partial charge in [0.25, 0.3) is 5.69 Å². The second-order valence-electron chi connectivity index (χ2n) is 3.13. The van der Waals surface area contributed by atoms with Crippen LogP contribution in [-0.4, -0.2) is 22.5 Å². The Balaban J connectivity index is 3.22. The number of hydrogen-bond acceptors (Lipinski definition) is 4. The molecule has 88 valence electrons. The van der Waals surface area contributed by atoms with Crippen LogP contribution in [0.5, 0.6) is 0 Å². The van der Waals surface area contributed by atoms with Crippen LogP contribution in [-0.2, 0) is 0 Å². The van der Waals surface area contributed by atoms with Crippen molar-refractivity contribution in [2.75, 3.05) is 6.54 Å². The number of non-ortho nitro benzene ring substituents is 1. The van der Waals surface area contributed by atoms with Gasteiger partial charge in [0.1, 0.15) is 0 Å². The summed E-state index contributed by atoms with van der Waals surface area (Å²) in [6, 6.07) is 3.46. The van der Waals surface area contributed by atoms with Gasteiger partial charge < -0.3 is 10.8 Å². The number of hydrogen-bond donors (Lipinski definition) is 2. The van der Waals surface area contributed by atoms with E-state index in [2.05, 4.69) is 11.8 Å². The molecule has 0 spiro atoms. The van der Waals surface area contributed by atoms with Gasteiger partial charge in [-0.1, -0.05) is 11.8 Å². The number of carboxylic acids is 1. The van der Waals surface area contributed by atoms with Crippen molar-refractivity contribution in [3.05, 3.63) is 39.4 Å². The molecule has 1 aromatic rings. The third-order valence-corrected chi connectivity index (χ3v) is 1.94. The van der Waals surface area contributed by atoms with Crippen LogP contribution in [0.4, 0.5) is 5.69 Å². The van der Waals surface area contributed by atoms with Crippen LogP contribution in [0.1, 0.15) is 22.3 Å². The summed E-state index contributed by atoms with van der Waals surface area (Å²) in [7, 11) is 0. The van der Waals surface area contributed by atoms with Crippen molar-refractivity contribution in [3.8, 4) is 11.8 Å². The molecular formula is C11H10N2O4. The first-order valence-electron chi connectivity index (χ1n) is 4.77. The lowest BCUT2D eigenvalue weighted by molar-refractivity contribution is -0.384. The molecule has 1 aromatic carbocycles. The topological polar surface area (TPSA) is 106 Å². The molecule has 6 nitrogen and oxygen atoms in total. The van der Waals surface area contributed by atoms with Gasteiger partial charge in [-0.2, -0.15) is 0 Å². The molecule has 17 heavy (non-hydrogen) atoms. The molecular weight excluding hydrogens is 224 g/mol. The van der Waals surface area contributed by atoms with E-state index in [1.54, 1.807) is 0 Å². The van der Waals surface area contributed by atoms with Crippen LogP contribution in [0.25, 0.3) is 0 Å². The van der Waals surface area contributed by atoms with Gasteiger partial charge in [0.05, 0.1) is 10.5 Å². The molecule has 0 aliphatic heterocycles. The average molecular weight is 234 g/mol. The number of nitrogens with two attached hydrogens (primary N) is 1. The van der Waals surface area contributed by atoms with E-state index in [-0.39, 0.29) is 16.8 Å². The molecule has 0 radical (unpaired) electrons. The summed E-state index contributed by atoms with van der Waals surface area (Å²) in [6.07, 6.45) is 0.405. The lowest BCUT2D eigenvalue weighted by atomic mass is 10.1. The van der Waals surface area contributed by atoms with Gasteiger partial charge in [-0.3, -0.25) is 10.1 Å². The van der Waals surface area contributed by atoms with Crippen LogP contribution in [0.15, 0.2) is 18.2 Å². The normalized spacial score (nSPS) is 9.24. The van der Waals surface area contributed by atoms with Crippen molar-refractivity contribution in [1.82, 2.24) is 0 Å². The molecule has 0 amide bonds. The molecule has 6 heteroatoms. The van der Waals surface area contributed by atoms with Crippen molar-refractivity contribution in [2.24, 2.45) is 5.73 Å². The van der Waals surface area contributed by atoms with Crippen molar-refractivity contribution < 1.29 is 14.8 Å². The summed E-state index contributed by atoms with van der Waals surface area (Å²) in [6.45, 7) is 0.352. The lowest BCUT2D eigenvalue weighted by Crippen LogP contribution is -2.01. The minimum atomic E-state index is -1.17. The molecule has 0 bridgehead atoms. The molecule has 0 aromatic heterocycles. The van der Waals surface area contributed by atoms with Crippen molar-refractivity contribution in [1.29, 1.82) is 0 Å². The summed E-state index contributed by atoms with van der Waals surface area (Å²) in [5.74, 6) is 4.06. The van der Waals surface area contributed by atoms with E-state index in [0.29, 0.717) is 13.0 Å². The van der Waals surface area contributed by atoms with Gasteiger partial charge in [0.2, 0.25) is 0 Å². The molecule has 3 N–H and O–H groups in total. The zero-order valence-electron chi connectivity index (χ0n) is 8.84. The minimum absolute atomic E-state index is 0.0554. The third kappa shape index (κ3) is 3.29. The van der Waals surface area contributed by atoms with Gasteiger partial charge in [-0.15, -0.1) is 0 Å². The predicted molar refractivity (Wildman–Crippen MR) is 60.6 cm³/mol. The highest BCUT2D eigenvalue weighted by atomic mass is 16.6. The summed E-state index contributed by atoms with van der Waals surface area (Å²) < 4.78 is 0. The molecule has 0 saturated carbocycles. The van der Waals surface area contributed by atoms with Gasteiger partial charge in [0.15, 0.2) is 0 Å². The molecule has 0 unspecified atom stereocenters. The van der Waals surface area contributed by atoms with Crippen molar-refractivity contribution in [2.45, 2.75) is 6.42 Å². The highest BCUT2D eigenvalue weighted by Gasteiger charge is 2.13. The Labute approximate surface area is 97.2 Å². The fourth-order valence-electron chi connectivity index (χ4n) is 1.17. The quantitative estimate of drug-likeness (QED) is 0.460. The fourth-order valence-corrected chi connectivity index (χ4v) is 1.17. The second kappa shape index (κ2) is 5.63. The Morgan fingerprint density at radius 2 is 2.24 bits per heavy atom. The number of nitro benzene ring substituents is 1. The molecule has 0 fully saturated rings. The Kier molecular flexibility index (Phi) is 4.20. The maximum Gasteiger partial charge on any atom is 0.336 e. The number of nitro groups is 1. The third-order valence-electron chi connectivity index (χ3n) is 1.94. The van der Waals surface area contributed by atoms with E-state index >= 15 is 0 Å². The summed E-state index contributed by atoms with van der Waals surface area (Å²) >= 11 is 0. The van der Waals surface area contributed by atoms with Crippen LogP contribution in [0, 0.1) is 22.0 Å². The molecule has 0 heterocycles. The number of benzene rings is 1. The van der Waals surface area contributed by atoms with Crippen LogP contribution < -0.4 is 5.73 Å². The van der Waals surface area contributed by atoms with Gasteiger partial charge in [-0.25, -0.2) is 4.79 Å². The Hall–Kier alpha value is -2.39. The molecule has 0 aliphatic rings. The maximum absolute atomic E-state index is 10.9. The van der Waals surface area contributed by atoms with E-state index in [1.807, 2.05) is 0 Å². The number of rotatable bonds is 3. The van der Waals surface area contributed by atoms with E-state index in [4.69, 9.17) is 10.8 Å². The maximum atomic E-state index is 10.9. The summed E-state index contributed by atoms with van der Waals surface area (Å²) in [5, 5.41) is 19.4. The van der Waals surface area contributed by atoms with Crippen molar-refractivity contribution >= 4 is 11.7 Å². The Morgan fingerprint density at radius 3 is 2.76 bits per heavy atom. The first-order valence-corrected chi connectivity index (χ1v) is 4.77. The van der Waals surface area contributed by atoms with Crippen LogP contribution >= 0.6 is 0 Å². The van der Waals surface area contributed by atoms with E-state index in [0.717, 1.165) is 12.1 Å². The standard InChI is InChI=1S/C11H10N2O4/c12-6-2-1-3-8-7-9(13(16)17)4-5-10(8)11(14)15/h4-5,7H,2,6,12H2,(H,14,15). The summed E-state index contributed by atoms with van der Waals surface area (Å²) in [5.41, 5.74) is 5.12. The van der Waals surface area contributed by atoms with E-state index in [1.165, 1.54) is 6.07 Å². The number of carboxylic acid groups (broad SMARTS) is 1. The SMILES string of the molecule is NCCC#Cc1cc([N+](=O)[O-])ccc1C(=O)O. The predicted octanol–water partition coefficient (Wildman–Crippen LogP) is 0.993. The smallest absolute Gasteiger partial charge is 0.336 e. The minimum Gasteiger partial charge on any atom is -0.478 e. The highest BCUT2D eigenvalue weighted by Crippen LogP contribution is 2.17. The fraction of sp³-hybridized carbons (Fsp3) is 0.182. The number of carbonyl (C=O) groups is 1. The van der Waals surface area contributed by atoms with Gasteiger partial charge in [-0.05, 0) is 6.07 Å². The van der Waals surface area contributed by atoms with E-state index in [9.17, 15) is 14.9 Å². The van der Waals surface area contributed by atoms with Gasteiger partial charge >= 0.3 is 5.97 Å². The second-order valence-corrected chi connectivity index (χ2v) is 3.13. The molecule has 0 atom stereocenters. The molecule has 0 aliphatic carbocycles. The Bertz CT molecular complexity index is 514. The first-order chi connectivity index (χ1) is 8.06. The summed E-state index contributed by atoms with van der Waals surface area (Å²) in [4.78, 5) is 20.8. The number of nitrogens with zero attached hydrogens (tertiary/aromatic N) is 1. The number of aromatic carboxylic acids is 1. The zero-order chi connectivity index (χ0) is 12.8. The largest absolute Gasteiger partial charge is 0.478 e. The van der Waals surface area contributed by atoms with Crippen molar-refractivity contribution in [3.63, 3.8) is 0 Å². The average Bonchev–Trinajstić information content (AvgIpc) is 2.28. The lowest BCUT2D eigenvalue weighted by Gasteiger charge is -1.98. The van der Waals surface area contributed by atoms with Crippen LogP contribution in [0.3, 0.4) is 0 Å². The van der Waals surface area contributed by atoms with Crippen LogP contribution in [0.2, 0.25) is 0 Å². The van der Waals surface area contributed by atoms with E-state index < -0.39 is 10.9 Å². The highest BCUT2D eigenvalue weighted by molar-refractivity contribution is 5.91.